The lowest BCUT2D eigenvalue weighted by atomic mass is 9.65. The molecule has 2 aliphatic carbocycles. The molecule has 2 saturated carbocycles. The molecule has 1 heterocycles. The fourth-order valence-corrected chi connectivity index (χ4v) is 6.03. The van der Waals surface area contributed by atoms with Crippen molar-refractivity contribution in [2.24, 2.45) is 5.92 Å². The number of benzene rings is 2. The third kappa shape index (κ3) is 4.58. The molecule has 0 aromatic heterocycles. The first-order valence-corrected chi connectivity index (χ1v) is 12.3. The van der Waals surface area contributed by atoms with Gasteiger partial charge in [0.25, 0.3) is 0 Å². The number of methoxy groups -OCH3 is 2. The number of nitrogens with zero attached hydrogens (tertiary/aromatic N) is 1. The molecule has 2 aromatic rings. The Morgan fingerprint density at radius 2 is 1.91 bits per heavy atom. The van der Waals surface area contributed by atoms with Crippen LogP contribution in [0.2, 0.25) is 0 Å². The Bertz CT molecular complexity index is 1040. The maximum absolute atomic E-state index is 13.5. The average molecular weight is 468 g/mol. The van der Waals surface area contributed by atoms with E-state index in [4.69, 9.17) is 9.47 Å². The van der Waals surface area contributed by atoms with Crippen LogP contribution in [0.5, 0.6) is 11.5 Å². The van der Waals surface area contributed by atoms with Crippen LogP contribution in [0.1, 0.15) is 44.1 Å². The minimum atomic E-state index is -0.364. The minimum absolute atomic E-state index is 0.0473. The molecule has 3 fully saturated rings. The third-order valence-electron chi connectivity index (χ3n) is 7.94. The first-order chi connectivity index (χ1) is 16.5. The van der Waals surface area contributed by atoms with E-state index in [1.165, 1.54) is 30.5 Å². The number of carbonyl (C=O) groups is 1. The molecule has 1 saturated heterocycles. The lowest BCUT2D eigenvalue weighted by Crippen LogP contribution is -2.53. The molecular formula is C27H34FN3O3. The zero-order chi connectivity index (χ0) is 23.7. The van der Waals surface area contributed by atoms with Gasteiger partial charge in [-0.05, 0) is 86.9 Å². The van der Waals surface area contributed by atoms with Gasteiger partial charge in [-0.25, -0.2) is 9.18 Å². The fourth-order valence-electron chi connectivity index (χ4n) is 6.03. The molecule has 2 aromatic carbocycles. The van der Waals surface area contributed by atoms with Crippen molar-refractivity contribution < 1.29 is 18.7 Å². The van der Waals surface area contributed by atoms with Gasteiger partial charge in [0.15, 0.2) is 11.5 Å². The maximum atomic E-state index is 13.5. The monoisotopic (exact) mass is 467 g/mol. The molecule has 182 valence electrons. The highest BCUT2D eigenvalue weighted by molar-refractivity contribution is 5.89. The number of nitrogens with one attached hydrogen (secondary N) is 2. The van der Waals surface area contributed by atoms with Crippen molar-refractivity contribution in [2.75, 3.05) is 32.6 Å². The van der Waals surface area contributed by atoms with Gasteiger partial charge in [0.2, 0.25) is 0 Å². The number of fused-ring (bicyclic) bond motifs is 1. The molecule has 0 radical (unpaired) electrons. The zero-order valence-electron chi connectivity index (χ0n) is 20.0. The summed E-state index contributed by atoms with van der Waals surface area (Å²) in [6.07, 6.45) is 6.56. The zero-order valence-corrected chi connectivity index (χ0v) is 20.0. The second-order valence-electron chi connectivity index (χ2n) is 10.0. The van der Waals surface area contributed by atoms with E-state index in [2.05, 4.69) is 27.7 Å². The van der Waals surface area contributed by atoms with E-state index in [0.29, 0.717) is 11.7 Å². The Labute approximate surface area is 200 Å². The summed E-state index contributed by atoms with van der Waals surface area (Å²) in [5.74, 6) is 1.96. The van der Waals surface area contributed by atoms with Crippen molar-refractivity contribution in [3.05, 3.63) is 53.8 Å². The van der Waals surface area contributed by atoms with Crippen LogP contribution in [-0.2, 0) is 5.41 Å². The molecule has 6 nitrogen and oxygen atoms in total. The smallest absolute Gasteiger partial charge is 0.319 e. The fraction of sp³-hybridized carbons (Fsp3) is 0.519. The van der Waals surface area contributed by atoms with E-state index in [0.717, 1.165) is 56.2 Å². The van der Waals surface area contributed by atoms with Crippen LogP contribution < -0.4 is 20.1 Å². The van der Waals surface area contributed by atoms with Crippen LogP contribution in [0.15, 0.2) is 42.5 Å². The first kappa shape index (κ1) is 23.0. The summed E-state index contributed by atoms with van der Waals surface area (Å²) in [7, 11) is 3.35. The number of hydrogen-bond acceptors (Lipinski definition) is 4. The topological polar surface area (TPSA) is 62.8 Å². The molecule has 7 heteroatoms. The number of ether oxygens (including phenoxy) is 2. The van der Waals surface area contributed by atoms with Crippen molar-refractivity contribution >= 4 is 11.7 Å². The van der Waals surface area contributed by atoms with E-state index < -0.39 is 0 Å². The van der Waals surface area contributed by atoms with E-state index in [1.807, 2.05) is 6.07 Å². The summed E-state index contributed by atoms with van der Waals surface area (Å²) in [6.45, 7) is 2.22. The Morgan fingerprint density at radius 1 is 1.09 bits per heavy atom. The summed E-state index contributed by atoms with van der Waals surface area (Å²) in [6, 6.07) is 12.5. The molecule has 2 amide bonds. The molecule has 3 aliphatic rings. The Hall–Kier alpha value is -2.80. The summed E-state index contributed by atoms with van der Waals surface area (Å²) >= 11 is 0. The third-order valence-corrected chi connectivity index (χ3v) is 7.94. The van der Waals surface area contributed by atoms with Crippen LogP contribution in [-0.4, -0.2) is 50.3 Å². The number of amides is 2. The van der Waals surface area contributed by atoms with Crippen LogP contribution >= 0.6 is 0 Å². The summed E-state index contributed by atoms with van der Waals surface area (Å²) < 4.78 is 24.6. The van der Waals surface area contributed by atoms with Crippen molar-refractivity contribution in [3.63, 3.8) is 0 Å². The van der Waals surface area contributed by atoms with E-state index >= 15 is 0 Å². The van der Waals surface area contributed by atoms with Crippen molar-refractivity contribution in [1.29, 1.82) is 0 Å². The summed E-state index contributed by atoms with van der Waals surface area (Å²) in [5, 5.41) is 5.93. The van der Waals surface area contributed by atoms with Gasteiger partial charge in [0.05, 0.1) is 14.2 Å². The number of likely N-dealkylation sites (tertiary alicyclic amines) is 1. The average Bonchev–Trinajstić information content (AvgIpc) is 3.58. The molecule has 1 aliphatic heterocycles. The standard InChI is InChI=1S/C27H34FN3O3/c1-33-23-9-8-19(14-24(23)34-2)27-11-10-22(16-25(27)31(13-12-27)17-18-6-7-18)30-26(32)29-21-5-3-4-20(28)15-21/h3-5,8-9,14-15,18,22,25H,6-7,10-13,16-17H2,1-2H3,(H2,29,30,32)/t22-,25+,27-/m0/s1. The van der Waals surface area contributed by atoms with E-state index in [-0.39, 0.29) is 23.3 Å². The summed E-state index contributed by atoms with van der Waals surface area (Å²) in [5.41, 5.74) is 1.81. The second-order valence-corrected chi connectivity index (χ2v) is 10.0. The van der Waals surface area contributed by atoms with Crippen molar-refractivity contribution in [2.45, 2.75) is 56.0 Å². The summed E-state index contributed by atoms with van der Waals surface area (Å²) in [4.78, 5) is 15.3. The van der Waals surface area contributed by atoms with Crippen LogP contribution in [0.25, 0.3) is 0 Å². The number of hydrogen-bond donors (Lipinski definition) is 2. The maximum Gasteiger partial charge on any atom is 0.319 e. The Balaban J connectivity index is 1.34. The van der Waals surface area contributed by atoms with Crippen molar-refractivity contribution in [1.82, 2.24) is 10.2 Å². The Kier molecular flexibility index (Phi) is 6.38. The molecule has 0 spiro atoms. The normalized spacial score (nSPS) is 26.6. The number of halogens is 1. The predicted molar refractivity (Wildman–Crippen MR) is 130 cm³/mol. The number of carbonyl (C=O) groups excluding carboxylic acids is 1. The lowest BCUT2D eigenvalue weighted by molar-refractivity contribution is 0.132. The van der Waals surface area contributed by atoms with Gasteiger partial charge in [-0.3, -0.25) is 4.90 Å². The lowest BCUT2D eigenvalue weighted by Gasteiger charge is -2.45. The van der Waals surface area contributed by atoms with Gasteiger partial charge in [-0.15, -0.1) is 0 Å². The molecule has 0 bridgehead atoms. The highest BCUT2D eigenvalue weighted by atomic mass is 19.1. The van der Waals surface area contributed by atoms with Crippen LogP contribution in [0, 0.1) is 11.7 Å². The number of urea groups is 1. The van der Waals surface area contributed by atoms with E-state index in [1.54, 1.807) is 26.4 Å². The first-order valence-electron chi connectivity index (χ1n) is 12.3. The van der Waals surface area contributed by atoms with Gasteiger partial charge >= 0.3 is 6.03 Å². The largest absolute Gasteiger partial charge is 0.493 e. The molecular weight excluding hydrogens is 433 g/mol. The van der Waals surface area contributed by atoms with Gasteiger partial charge < -0.3 is 20.1 Å². The number of anilines is 1. The molecule has 5 rings (SSSR count). The van der Waals surface area contributed by atoms with Gasteiger partial charge in [0.1, 0.15) is 5.82 Å². The molecule has 2 N–H and O–H groups in total. The van der Waals surface area contributed by atoms with Crippen LogP contribution in [0.4, 0.5) is 14.9 Å². The quantitative estimate of drug-likeness (QED) is 0.606. The van der Waals surface area contributed by atoms with Gasteiger partial charge in [0, 0.05) is 29.7 Å². The SMILES string of the molecule is COc1ccc([C@@]23CC[C@H](NC(=O)Nc4cccc(F)c4)C[C@H]2N(CC2CC2)CC3)cc1OC. The number of rotatable bonds is 7. The minimum Gasteiger partial charge on any atom is -0.493 e. The molecule has 34 heavy (non-hydrogen) atoms. The van der Waals surface area contributed by atoms with Crippen molar-refractivity contribution in [3.8, 4) is 11.5 Å². The second kappa shape index (κ2) is 9.45. The molecule has 0 unspecified atom stereocenters. The van der Waals surface area contributed by atoms with Gasteiger partial charge in [-0.1, -0.05) is 12.1 Å². The molecule has 3 atom stereocenters. The highest BCUT2D eigenvalue weighted by Gasteiger charge is 2.52. The van der Waals surface area contributed by atoms with Gasteiger partial charge in [-0.2, -0.15) is 0 Å². The predicted octanol–water partition coefficient (Wildman–Crippen LogP) is 4.94. The van der Waals surface area contributed by atoms with E-state index in [9.17, 15) is 9.18 Å². The van der Waals surface area contributed by atoms with Crippen LogP contribution in [0.3, 0.4) is 0 Å². The Morgan fingerprint density at radius 3 is 2.65 bits per heavy atom. The highest BCUT2D eigenvalue weighted by Crippen LogP contribution is 2.51.